The Morgan fingerprint density at radius 2 is 1.90 bits per heavy atom. The molecule has 1 aromatic rings. The molecular formula is C16H20F3NO. The molecule has 1 aliphatic rings. The number of carbonyl (C=O) groups is 1. The van der Waals surface area contributed by atoms with Crippen molar-refractivity contribution in [1.29, 1.82) is 0 Å². The second-order valence-corrected chi connectivity index (χ2v) is 5.94. The Kier molecular flexibility index (Phi) is 5.26. The molecule has 1 aliphatic carbocycles. The van der Waals surface area contributed by atoms with Crippen LogP contribution < -0.4 is 5.32 Å². The van der Waals surface area contributed by atoms with Gasteiger partial charge in [-0.25, -0.2) is 13.2 Å². The molecular weight excluding hydrogens is 279 g/mol. The summed E-state index contributed by atoms with van der Waals surface area (Å²) < 4.78 is 38.9. The van der Waals surface area contributed by atoms with Crippen molar-refractivity contribution in [3.63, 3.8) is 0 Å². The minimum atomic E-state index is -1.55. The van der Waals surface area contributed by atoms with Crippen LogP contribution in [0.5, 0.6) is 0 Å². The van der Waals surface area contributed by atoms with Gasteiger partial charge >= 0.3 is 0 Å². The van der Waals surface area contributed by atoms with Gasteiger partial charge in [-0.2, -0.15) is 0 Å². The van der Waals surface area contributed by atoms with Gasteiger partial charge in [-0.1, -0.05) is 26.2 Å². The standard InChI is InChI=1S/C16H20F3NO/c1-10-3-2-4-11(7-10)5-6-20-16(21)12-8-13(17)15(19)14(18)9-12/h8-11H,2-7H2,1H3,(H,20,21). The normalized spacial score (nSPS) is 22.1. The molecule has 0 bridgehead atoms. The lowest BCUT2D eigenvalue weighted by Gasteiger charge is -2.26. The zero-order valence-electron chi connectivity index (χ0n) is 12.1. The third kappa shape index (κ3) is 4.22. The molecule has 1 saturated carbocycles. The van der Waals surface area contributed by atoms with Gasteiger partial charge in [0.1, 0.15) is 0 Å². The molecule has 116 valence electrons. The molecule has 0 aromatic heterocycles. The minimum Gasteiger partial charge on any atom is -0.352 e. The van der Waals surface area contributed by atoms with Crippen LogP contribution in [-0.2, 0) is 0 Å². The Morgan fingerprint density at radius 1 is 1.24 bits per heavy atom. The van der Waals surface area contributed by atoms with Gasteiger partial charge in [0, 0.05) is 12.1 Å². The summed E-state index contributed by atoms with van der Waals surface area (Å²) in [4.78, 5) is 11.8. The van der Waals surface area contributed by atoms with E-state index in [2.05, 4.69) is 12.2 Å². The van der Waals surface area contributed by atoms with E-state index in [0.717, 1.165) is 30.9 Å². The molecule has 5 heteroatoms. The summed E-state index contributed by atoms with van der Waals surface area (Å²) in [5.41, 5.74) is -0.191. The molecule has 2 nitrogen and oxygen atoms in total. The van der Waals surface area contributed by atoms with Crippen LogP contribution in [-0.4, -0.2) is 12.5 Å². The predicted molar refractivity (Wildman–Crippen MR) is 74.4 cm³/mol. The zero-order chi connectivity index (χ0) is 15.4. The lowest BCUT2D eigenvalue weighted by atomic mass is 9.81. The van der Waals surface area contributed by atoms with E-state index in [1.54, 1.807) is 0 Å². The first-order valence-corrected chi connectivity index (χ1v) is 7.40. The highest BCUT2D eigenvalue weighted by Gasteiger charge is 2.19. The smallest absolute Gasteiger partial charge is 0.251 e. The van der Waals surface area contributed by atoms with E-state index in [1.807, 2.05) is 0 Å². The van der Waals surface area contributed by atoms with Gasteiger partial charge in [0.05, 0.1) is 0 Å². The number of halogens is 3. The van der Waals surface area contributed by atoms with Crippen molar-refractivity contribution in [2.45, 2.75) is 39.0 Å². The number of carbonyl (C=O) groups excluding carboxylic acids is 1. The van der Waals surface area contributed by atoms with Crippen LogP contribution in [0.4, 0.5) is 13.2 Å². The molecule has 1 amide bonds. The first-order chi connectivity index (χ1) is 9.97. The van der Waals surface area contributed by atoms with Crippen LogP contribution in [0, 0.1) is 29.3 Å². The molecule has 2 atom stereocenters. The largest absolute Gasteiger partial charge is 0.352 e. The molecule has 1 N–H and O–H groups in total. The first-order valence-electron chi connectivity index (χ1n) is 7.40. The molecule has 21 heavy (non-hydrogen) atoms. The Labute approximate surface area is 122 Å². The highest BCUT2D eigenvalue weighted by atomic mass is 19.2. The fourth-order valence-electron chi connectivity index (χ4n) is 3.00. The van der Waals surface area contributed by atoms with E-state index in [4.69, 9.17) is 0 Å². The minimum absolute atomic E-state index is 0.191. The summed E-state index contributed by atoms with van der Waals surface area (Å²) >= 11 is 0. The van der Waals surface area contributed by atoms with Gasteiger partial charge in [0.2, 0.25) is 0 Å². The highest BCUT2D eigenvalue weighted by Crippen LogP contribution is 2.30. The second-order valence-electron chi connectivity index (χ2n) is 5.94. The Morgan fingerprint density at radius 3 is 2.52 bits per heavy atom. The quantitative estimate of drug-likeness (QED) is 0.835. The summed E-state index contributed by atoms with van der Waals surface area (Å²) in [7, 11) is 0. The average molecular weight is 299 g/mol. The SMILES string of the molecule is CC1CCCC(CCNC(=O)c2cc(F)c(F)c(F)c2)C1. The monoisotopic (exact) mass is 299 g/mol. The van der Waals surface area contributed by atoms with Crippen LogP contribution in [0.15, 0.2) is 12.1 Å². The lowest BCUT2D eigenvalue weighted by Crippen LogP contribution is -2.27. The molecule has 0 aliphatic heterocycles. The van der Waals surface area contributed by atoms with E-state index in [0.29, 0.717) is 12.5 Å². The maximum Gasteiger partial charge on any atom is 0.251 e. The molecule has 2 unspecified atom stereocenters. The molecule has 0 radical (unpaired) electrons. The fraction of sp³-hybridized carbons (Fsp3) is 0.562. The van der Waals surface area contributed by atoms with Crippen molar-refractivity contribution in [3.05, 3.63) is 35.1 Å². The molecule has 0 spiro atoms. The molecule has 0 saturated heterocycles. The number of nitrogens with one attached hydrogen (secondary N) is 1. The number of amides is 1. The van der Waals surface area contributed by atoms with Gasteiger partial charge in [-0.3, -0.25) is 4.79 Å². The molecule has 1 aromatic carbocycles. The molecule has 0 heterocycles. The van der Waals surface area contributed by atoms with Gasteiger partial charge in [-0.05, 0) is 36.8 Å². The topological polar surface area (TPSA) is 29.1 Å². The van der Waals surface area contributed by atoms with Crippen LogP contribution in [0.25, 0.3) is 0 Å². The molecule has 2 rings (SSSR count). The van der Waals surface area contributed by atoms with Crippen LogP contribution >= 0.6 is 0 Å². The summed E-state index contributed by atoms with van der Waals surface area (Å²) in [5, 5.41) is 2.64. The number of hydrogen-bond acceptors (Lipinski definition) is 1. The Balaban J connectivity index is 1.84. The summed E-state index contributed by atoms with van der Waals surface area (Å²) in [6.45, 7) is 2.70. The van der Waals surface area contributed by atoms with Crippen molar-refractivity contribution in [1.82, 2.24) is 5.32 Å². The van der Waals surface area contributed by atoms with Gasteiger partial charge in [0.15, 0.2) is 17.5 Å². The maximum absolute atomic E-state index is 13.1. The van der Waals surface area contributed by atoms with Gasteiger partial charge in [0.25, 0.3) is 5.91 Å². The lowest BCUT2D eigenvalue weighted by molar-refractivity contribution is 0.0948. The third-order valence-corrected chi connectivity index (χ3v) is 4.13. The fourth-order valence-corrected chi connectivity index (χ4v) is 3.00. The van der Waals surface area contributed by atoms with Crippen molar-refractivity contribution in [2.24, 2.45) is 11.8 Å². The second kappa shape index (κ2) is 6.96. The van der Waals surface area contributed by atoms with Crippen LogP contribution in [0.2, 0.25) is 0 Å². The van der Waals surface area contributed by atoms with Crippen LogP contribution in [0.1, 0.15) is 49.4 Å². The van der Waals surface area contributed by atoms with E-state index in [-0.39, 0.29) is 5.56 Å². The predicted octanol–water partition coefficient (Wildman–Crippen LogP) is 4.05. The average Bonchev–Trinajstić information content (AvgIpc) is 2.44. The summed E-state index contributed by atoms with van der Waals surface area (Å²) in [6.07, 6.45) is 5.67. The van der Waals surface area contributed by atoms with Crippen molar-refractivity contribution in [3.8, 4) is 0 Å². The Bertz CT molecular complexity index is 495. The number of hydrogen-bond donors (Lipinski definition) is 1. The first kappa shape index (κ1) is 15.9. The van der Waals surface area contributed by atoms with E-state index in [9.17, 15) is 18.0 Å². The molecule has 1 fully saturated rings. The van der Waals surface area contributed by atoms with E-state index in [1.165, 1.54) is 19.3 Å². The highest BCUT2D eigenvalue weighted by molar-refractivity contribution is 5.94. The van der Waals surface area contributed by atoms with Gasteiger partial charge < -0.3 is 5.32 Å². The van der Waals surface area contributed by atoms with Crippen LogP contribution in [0.3, 0.4) is 0 Å². The Hall–Kier alpha value is -1.52. The third-order valence-electron chi connectivity index (χ3n) is 4.13. The van der Waals surface area contributed by atoms with Crippen molar-refractivity contribution in [2.75, 3.05) is 6.54 Å². The van der Waals surface area contributed by atoms with E-state index < -0.39 is 23.4 Å². The number of benzene rings is 1. The van der Waals surface area contributed by atoms with E-state index >= 15 is 0 Å². The van der Waals surface area contributed by atoms with Crippen molar-refractivity contribution < 1.29 is 18.0 Å². The van der Waals surface area contributed by atoms with Gasteiger partial charge in [-0.15, -0.1) is 0 Å². The van der Waals surface area contributed by atoms with Crippen molar-refractivity contribution >= 4 is 5.91 Å². The summed E-state index contributed by atoms with van der Waals surface area (Å²) in [6, 6.07) is 1.44. The number of rotatable bonds is 4. The zero-order valence-corrected chi connectivity index (χ0v) is 12.1. The maximum atomic E-state index is 13.1. The summed E-state index contributed by atoms with van der Waals surface area (Å²) in [5.74, 6) is -3.50.